The quantitative estimate of drug-likeness (QED) is 0.884. The molecule has 0 saturated carbocycles. The summed E-state index contributed by atoms with van der Waals surface area (Å²) in [5, 5.41) is 0.251. The number of halogens is 1. The molecule has 2 atom stereocenters. The number of rotatable bonds is 2. The van der Waals surface area contributed by atoms with Crippen molar-refractivity contribution in [3.05, 3.63) is 29.3 Å². The van der Waals surface area contributed by atoms with Crippen molar-refractivity contribution in [3.63, 3.8) is 0 Å². The van der Waals surface area contributed by atoms with Crippen LogP contribution in [0.1, 0.15) is 6.92 Å². The summed E-state index contributed by atoms with van der Waals surface area (Å²) in [6.45, 7) is 2.76. The highest BCUT2D eigenvalue weighted by atomic mass is 35.5. The van der Waals surface area contributed by atoms with Gasteiger partial charge in [0.1, 0.15) is 4.90 Å². The zero-order valence-electron chi connectivity index (χ0n) is 9.51. The maximum absolute atomic E-state index is 12.3. The van der Waals surface area contributed by atoms with Crippen molar-refractivity contribution in [1.82, 2.24) is 4.31 Å². The highest BCUT2D eigenvalue weighted by Gasteiger charge is 2.36. The highest BCUT2D eigenvalue weighted by Crippen LogP contribution is 2.27. The molecular formula is C11H15ClN2O2S. The fourth-order valence-electron chi connectivity index (χ4n) is 1.94. The fourth-order valence-corrected chi connectivity index (χ4v) is 4.01. The third-order valence-corrected chi connectivity index (χ3v) is 5.42. The highest BCUT2D eigenvalue weighted by molar-refractivity contribution is 7.89. The molecule has 1 saturated heterocycles. The molecule has 1 aromatic rings. The summed E-state index contributed by atoms with van der Waals surface area (Å²) in [5.74, 6) is 0.173. The molecule has 4 nitrogen and oxygen atoms in total. The van der Waals surface area contributed by atoms with Crippen LogP contribution in [0.25, 0.3) is 0 Å². The molecule has 1 aliphatic heterocycles. The van der Waals surface area contributed by atoms with Gasteiger partial charge in [0.05, 0.1) is 5.02 Å². The molecule has 2 rings (SSSR count). The summed E-state index contributed by atoms with van der Waals surface area (Å²) in [4.78, 5) is 0.156. The van der Waals surface area contributed by atoms with Gasteiger partial charge in [0.15, 0.2) is 0 Å². The van der Waals surface area contributed by atoms with E-state index in [2.05, 4.69) is 0 Å². The molecule has 0 aliphatic carbocycles. The van der Waals surface area contributed by atoms with Crippen LogP contribution in [0.15, 0.2) is 29.2 Å². The summed E-state index contributed by atoms with van der Waals surface area (Å²) in [6, 6.07) is 6.37. The lowest BCUT2D eigenvalue weighted by Crippen LogP contribution is -2.32. The second kappa shape index (κ2) is 4.57. The van der Waals surface area contributed by atoms with Gasteiger partial charge in [0, 0.05) is 19.1 Å². The van der Waals surface area contributed by atoms with Crippen LogP contribution < -0.4 is 5.73 Å². The van der Waals surface area contributed by atoms with Crippen molar-refractivity contribution in [2.75, 3.05) is 13.1 Å². The molecule has 94 valence electrons. The van der Waals surface area contributed by atoms with E-state index in [0.29, 0.717) is 13.1 Å². The minimum atomic E-state index is -3.51. The number of nitrogens with zero attached hydrogens (tertiary/aromatic N) is 1. The van der Waals surface area contributed by atoms with E-state index in [1.54, 1.807) is 18.2 Å². The van der Waals surface area contributed by atoms with Gasteiger partial charge in [-0.05, 0) is 18.1 Å². The standard InChI is InChI=1S/C11H15ClN2O2S/c1-8-6-14(7-10(8)13)17(15,16)11-5-3-2-4-9(11)12/h2-5,8,10H,6-7,13H2,1H3. The van der Waals surface area contributed by atoms with E-state index >= 15 is 0 Å². The average molecular weight is 275 g/mol. The zero-order chi connectivity index (χ0) is 12.6. The molecule has 1 fully saturated rings. The summed E-state index contributed by atoms with van der Waals surface area (Å²) >= 11 is 5.92. The van der Waals surface area contributed by atoms with Crippen LogP contribution >= 0.6 is 11.6 Å². The first kappa shape index (κ1) is 12.8. The monoisotopic (exact) mass is 274 g/mol. The zero-order valence-corrected chi connectivity index (χ0v) is 11.1. The fraction of sp³-hybridized carbons (Fsp3) is 0.455. The first-order valence-corrected chi connectivity index (χ1v) is 7.25. The maximum atomic E-state index is 12.3. The van der Waals surface area contributed by atoms with Gasteiger partial charge in [0.2, 0.25) is 10.0 Å². The Balaban J connectivity index is 2.36. The van der Waals surface area contributed by atoms with E-state index < -0.39 is 10.0 Å². The van der Waals surface area contributed by atoms with Crippen molar-refractivity contribution in [1.29, 1.82) is 0 Å². The minimum absolute atomic E-state index is 0.104. The third-order valence-electron chi connectivity index (χ3n) is 3.09. The molecule has 1 heterocycles. The van der Waals surface area contributed by atoms with Crippen LogP contribution in [0.4, 0.5) is 0 Å². The van der Waals surface area contributed by atoms with Crippen LogP contribution in [0.5, 0.6) is 0 Å². The van der Waals surface area contributed by atoms with Gasteiger partial charge < -0.3 is 5.73 Å². The van der Waals surface area contributed by atoms with Gasteiger partial charge in [0.25, 0.3) is 0 Å². The van der Waals surface area contributed by atoms with Crippen molar-refractivity contribution < 1.29 is 8.42 Å². The molecule has 0 amide bonds. The Morgan fingerprint density at radius 1 is 1.35 bits per heavy atom. The smallest absolute Gasteiger partial charge is 0.244 e. The summed E-state index contributed by atoms with van der Waals surface area (Å²) in [7, 11) is -3.51. The molecule has 1 aliphatic rings. The first-order chi connectivity index (χ1) is 7.93. The Labute approximate surface area is 106 Å². The van der Waals surface area contributed by atoms with Gasteiger partial charge in [-0.25, -0.2) is 8.42 Å². The Bertz CT molecular complexity index is 508. The maximum Gasteiger partial charge on any atom is 0.244 e. The van der Waals surface area contributed by atoms with Gasteiger partial charge in [-0.15, -0.1) is 0 Å². The molecule has 2 unspecified atom stereocenters. The lowest BCUT2D eigenvalue weighted by molar-refractivity contribution is 0.464. The molecule has 0 spiro atoms. The number of sulfonamides is 1. The number of hydrogen-bond donors (Lipinski definition) is 1. The van der Waals surface area contributed by atoms with Crippen molar-refractivity contribution in [3.8, 4) is 0 Å². The normalized spacial score (nSPS) is 26.3. The molecule has 0 aromatic heterocycles. The number of nitrogens with two attached hydrogens (primary N) is 1. The van der Waals surface area contributed by atoms with Crippen LogP contribution in [-0.2, 0) is 10.0 Å². The Morgan fingerprint density at radius 2 is 2.00 bits per heavy atom. The molecule has 6 heteroatoms. The predicted octanol–water partition coefficient (Wildman–Crippen LogP) is 1.31. The lowest BCUT2D eigenvalue weighted by Gasteiger charge is -2.16. The molecule has 17 heavy (non-hydrogen) atoms. The van der Waals surface area contributed by atoms with Gasteiger partial charge >= 0.3 is 0 Å². The average Bonchev–Trinajstić information content (AvgIpc) is 2.60. The number of hydrogen-bond acceptors (Lipinski definition) is 3. The summed E-state index contributed by atoms with van der Waals surface area (Å²) in [6.07, 6.45) is 0. The third kappa shape index (κ3) is 2.33. The number of benzene rings is 1. The molecular weight excluding hydrogens is 260 g/mol. The van der Waals surface area contributed by atoms with Crippen molar-refractivity contribution in [2.45, 2.75) is 17.9 Å². The van der Waals surface area contributed by atoms with E-state index in [1.165, 1.54) is 10.4 Å². The second-order valence-electron chi connectivity index (χ2n) is 4.39. The molecule has 2 N–H and O–H groups in total. The molecule has 0 radical (unpaired) electrons. The Kier molecular flexibility index (Phi) is 3.45. The predicted molar refractivity (Wildman–Crippen MR) is 67.4 cm³/mol. The van der Waals surface area contributed by atoms with E-state index in [-0.39, 0.29) is 21.9 Å². The van der Waals surface area contributed by atoms with E-state index in [1.807, 2.05) is 6.92 Å². The van der Waals surface area contributed by atoms with Gasteiger partial charge in [-0.2, -0.15) is 4.31 Å². The van der Waals surface area contributed by atoms with E-state index in [0.717, 1.165) is 0 Å². The Morgan fingerprint density at radius 3 is 2.53 bits per heavy atom. The van der Waals surface area contributed by atoms with Crippen LogP contribution in [0.2, 0.25) is 5.02 Å². The second-order valence-corrected chi connectivity index (χ2v) is 6.71. The van der Waals surface area contributed by atoms with E-state index in [9.17, 15) is 8.42 Å². The first-order valence-electron chi connectivity index (χ1n) is 5.43. The minimum Gasteiger partial charge on any atom is -0.326 e. The molecule has 0 bridgehead atoms. The molecule has 1 aromatic carbocycles. The summed E-state index contributed by atoms with van der Waals surface area (Å²) in [5.41, 5.74) is 5.84. The Hall–Kier alpha value is -0.620. The van der Waals surface area contributed by atoms with Gasteiger partial charge in [-0.3, -0.25) is 0 Å². The lowest BCUT2D eigenvalue weighted by atomic mass is 10.1. The van der Waals surface area contributed by atoms with Gasteiger partial charge in [-0.1, -0.05) is 30.7 Å². The topological polar surface area (TPSA) is 63.4 Å². The van der Waals surface area contributed by atoms with Crippen molar-refractivity contribution in [2.24, 2.45) is 11.7 Å². The van der Waals surface area contributed by atoms with Crippen molar-refractivity contribution >= 4 is 21.6 Å². The van der Waals surface area contributed by atoms with Crippen LogP contribution in [0.3, 0.4) is 0 Å². The van der Waals surface area contributed by atoms with Crippen LogP contribution in [-0.4, -0.2) is 31.9 Å². The summed E-state index contributed by atoms with van der Waals surface area (Å²) < 4.78 is 26.1. The largest absolute Gasteiger partial charge is 0.326 e. The van der Waals surface area contributed by atoms with Crippen LogP contribution in [0, 0.1) is 5.92 Å². The SMILES string of the molecule is CC1CN(S(=O)(=O)c2ccccc2Cl)CC1N. The van der Waals surface area contributed by atoms with E-state index in [4.69, 9.17) is 17.3 Å².